The molecule has 0 spiro atoms. The topological polar surface area (TPSA) is 107 Å². The third-order valence-corrected chi connectivity index (χ3v) is 4.67. The number of nitrogens with two attached hydrogens (primary N) is 1. The molecular weight excluding hydrogens is 282 g/mol. The van der Waals surface area contributed by atoms with Crippen molar-refractivity contribution in [2.75, 3.05) is 18.8 Å². The zero-order valence-electron chi connectivity index (χ0n) is 11.6. The molecule has 1 aromatic rings. The van der Waals surface area contributed by atoms with Crippen molar-refractivity contribution in [2.45, 2.75) is 31.6 Å². The number of anilines is 1. The molecule has 20 heavy (non-hydrogen) atoms. The van der Waals surface area contributed by atoms with Crippen LogP contribution < -0.4 is 5.73 Å². The highest BCUT2D eigenvalue weighted by atomic mass is 32.2. The van der Waals surface area contributed by atoms with Gasteiger partial charge in [0.15, 0.2) is 4.90 Å². The van der Waals surface area contributed by atoms with Crippen molar-refractivity contribution in [3.63, 3.8) is 0 Å². The van der Waals surface area contributed by atoms with Crippen molar-refractivity contribution in [1.82, 2.24) is 4.31 Å². The molecule has 0 saturated carbocycles. The molecule has 0 radical (unpaired) electrons. The van der Waals surface area contributed by atoms with Gasteiger partial charge in [-0.25, -0.2) is 8.42 Å². The summed E-state index contributed by atoms with van der Waals surface area (Å²) in [7, 11) is -3.91. The second-order valence-electron chi connectivity index (χ2n) is 4.39. The largest absolute Gasteiger partial charge is 0.399 e. The van der Waals surface area contributed by atoms with Gasteiger partial charge in [0.2, 0.25) is 10.0 Å². The lowest BCUT2D eigenvalue weighted by molar-refractivity contribution is -0.387. The van der Waals surface area contributed by atoms with E-state index in [4.69, 9.17) is 5.73 Å². The Morgan fingerprint density at radius 1 is 1.25 bits per heavy atom. The van der Waals surface area contributed by atoms with E-state index < -0.39 is 20.6 Å². The minimum atomic E-state index is -3.91. The number of hydrogen-bond acceptors (Lipinski definition) is 5. The van der Waals surface area contributed by atoms with E-state index in [-0.39, 0.29) is 10.6 Å². The molecule has 0 aromatic heterocycles. The normalized spacial score (nSPS) is 11.8. The second-order valence-corrected chi connectivity index (χ2v) is 6.29. The maximum absolute atomic E-state index is 12.6. The van der Waals surface area contributed by atoms with E-state index in [0.29, 0.717) is 25.9 Å². The zero-order valence-corrected chi connectivity index (χ0v) is 12.4. The minimum absolute atomic E-state index is 0.183. The molecule has 8 heteroatoms. The number of nitro groups is 1. The van der Waals surface area contributed by atoms with Crippen LogP contribution >= 0.6 is 0 Å². The van der Waals surface area contributed by atoms with Gasteiger partial charge in [-0.05, 0) is 25.0 Å². The van der Waals surface area contributed by atoms with Crippen molar-refractivity contribution in [1.29, 1.82) is 0 Å². The lowest BCUT2D eigenvalue weighted by Gasteiger charge is -2.21. The average Bonchev–Trinajstić information content (AvgIpc) is 2.38. The lowest BCUT2D eigenvalue weighted by atomic mass is 10.3. The highest BCUT2D eigenvalue weighted by Gasteiger charge is 2.30. The van der Waals surface area contributed by atoms with Crippen molar-refractivity contribution in [3.05, 3.63) is 28.3 Å². The first-order valence-electron chi connectivity index (χ1n) is 6.38. The quantitative estimate of drug-likeness (QED) is 0.471. The van der Waals surface area contributed by atoms with E-state index in [9.17, 15) is 18.5 Å². The molecule has 0 fully saturated rings. The molecule has 1 aromatic carbocycles. The van der Waals surface area contributed by atoms with E-state index in [1.54, 1.807) is 0 Å². The van der Waals surface area contributed by atoms with Crippen LogP contribution in [0.2, 0.25) is 0 Å². The molecule has 0 bridgehead atoms. The molecular formula is C12H19N3O4S. The fourth-order valence-electron chi connectivity index (χ4n) is 1.88. The van der Waals surface area contributed by atoms with Gasteiger partial charge in [0.05, 0.1) is 4.92 Å². The van der Waals surface area contributed by atoms with Crippen LogP contribution in [0.3, 0.4) is 0 Å². The van der Waals surface area contributed by atoms with Gasteiger partial charge in [-0.1, -0.05) is 13.8 Å². The summed E-state index contributed by atoms with van der Waals surface area (Å²) in [5.74, 6) is 0. The fourth-order valence-corrected chi connectivity index (χ4v) is 3.69. The summed E-state index contributed by atoms with van der Waals surface area (Å²) in [5, 5.41) is 11.0. The number of nitrogens with zero attached hydrogens (tertiary/aromatic N) is 2. The minimum Gasteiger partial charge on any atom is -0.399 e. The first-order valence-corrected chi connectivity index (χ1v) is 7.82. The predicted octanol–water partition coefficient (Wildman–Crippen LogP) is 1.99. The monoisotopic (exact) mass is 301 g/mol. The summed E-state index contributed by atoms with van der Waals surface area (Å²) >= 11 is 0. The molecule has 0 heterocycles. The molecule has 2 N–H and O–H groups in total. The van der Waals surface area contributed by atoms with Crippen LogP contribution in [-0.2, 0) is 10.0 Å². The number of nitrogen functional groups attached to an aromatic ring is 1. The number of hydrogen-bond donors (Lipinski definition) is 1. The summed E-state index contributed by atoms with van der Waals surface area (Å²) in [6.07, 6.45) is 1.27. The maximum atomic E-state index is 12.6. The van der Waals surface area contributed by atoms with Gasteiger partial charge in [0.25, 0.3) is 5.69 Å². The second kappa shape index (κ2) is 6.67. The first-order chi connectivity index (χ1) is 9.34. The molecule has 0 aliphatic heterocycles. The smallest absolute Gasteiger partial charge is 0.289 e. The molecule has 112 valence electrons. The van der Waals surface area contributed by atoms with Crippen LogP contribution in [0.25, 0.3) is 0 Å². The van der Waals surface area contributed by atoms with E-state index in [0.717, 1.165) is 12.1 Å². The van der Waals surface area contributed by atoms with Gasteiger partial charge in [-0.3, -0.25) is 10.1 Å². The summed E-state index contributed by atoms with van der Waals surface area (Å²) < 4.78 is 26.4. The van der Waals surface area contributed by atoms with Crippen molar-refractivity contribution in [3.8, 4) is 0 Å². The summed E-state index contributed by atoms with van der Waals surface area (Å²) in [6.45, 7) is 4.35. The molecule has 0 atom stereocenters. The molecule has 0 saturated heterocycles. The number of sulfonamides is 1. The van der Waals surface area contributed by atoms with Crippen molar-refractivity contribution in [2.24, 2.45) is 0 Å². The van der Waals surface area contributed by atoms with Crippen LogP contribution in [0.15, 0.2) is 23.1 Å². The van der Waals surface area contributed by atoms with Crippen LogP contribution in [0, 0.1) is 10.1 Å². The van der Waals surface area contributed by atoms with Gasteiger partial charge >= 0.3 is 0 Å². The van der Waals surface area contributed by atoms with Crippen LogP contribution in [0.4, 0.5) is 11.4 Å². The standard InChI is InChI=1S/C12H19N3O4S/c1-3-7-14(8-4-2)20(18,19)12-9-10(13)5-6-11(12)15(16)17/h5-6,9H,3-4,7-8,13H2,1-2H3. The Kier molecular flexibility index (Phi) is 5.46. The number of rotatable bonds is 7. The maximum Gasteiger partial charge on any atom is 0.289 e. The average molecular weight is 301 g/mol. The molecule has 0 amide bonds. The van der Waals surface area contributed by atoms with Gasteiger partial charge in [0.1, 0.15) is 0 Å². The third kappa shape index (κ3) is 3.45. The van der Waals surface area contributed by atoms with Crippen LogP contribution in [-0.4, -0.2) is 30.7 Å². The third-order valence-electron chi connectivity index (χ3n) is 2.74. The first kappa shape index (κ1) is 16.4. The van der Waals surface area contributed by atoms with E-state index in [1.807, 2.05) is 13.8 Å². The Hall–Kier alpha value is -1.67. The Morgan fingerprint density at radius 3 is 2.25 bits per heavy atom. The summed E-state index contributed by atoms with van der Waals surface area (Å²) in [5.41, 5.74) is 5.30. The molecule has 7 nitrogen and oxygen atoms in total. The predicted molar refractivity (Wildman–Crippen MR) is 76.8 cm³/mol. The zero-order chi connectivity index (χ0) is 15.3. The molecule has 0 aliphatic carbocycles. The van der Waals surface area contributed by atoms with Gasteiger partial charge < -0.3 is 5.73 Å². The van der Waals surface area contributed by atoms with Crippen LogP contribution in [0.1, 0.15) is 26.7 Å². The van der Waals surface area contributed by atoms with E-state index in [1.165, 1.54) is 10.4 Å². The summed E-state index contributed by atoms with van der Waals surface area (Å²) in [4.78, 5) is 9.95. The summed E-state index contributed by atoms with van der Waals surface area (Å²) in [6, 6.07) is 3.59. The van der Waals surface area contributed by atoms with Crippen molar-refractivity contribution >= 4 is 21.4 Å². The van der Waals surface area contributed by atoms with Crippen LogP contribution in [0.5, 0.6) is 0 Å². The molecule has 0 unspecified atom stereocenters. The van der Waals surface area contributed by atoms with Crippen molar-refractivity contribution < 1.29 is 13.3 Å². The fraction of sp³-hybridized carbons (Fsp3) is 0.500. The molecule has 0 aliphatic rings. The van der Waals surface area contributed by atoms with Gasteiger partial charge in [-0.2, -0.15) is 4.31 Å². The highest BCUT2D eigenvalue weighted by molar-refractivity contribution is 7.89. The number of benzene rings is 1. The Labute approximate surface area is 118 Å². The van der Waals surface area contributed by atoms with Gasteiger partial charge in [-0.15, -0.1) is 0 Å². The van der Waals surface area contributed by atoms with E-state index >= 15 is 0 Å². The van der Waals surface area contributed by atoms with Gasteiger partial charge in [0, 0.05) is 24.8 Å². The molecule has 1 rings (SSSR count). The Balaban J connectivity index is 3.39. The SMILES string of the molecule is CCCN(CCC)S(=O)(=O)c1cc(N)ccc1[N+](=O)[O-]. The van der Waals surface area contributed by atoms with E-state index in [2.05, 4.69) is 0 Å². The Morgan fingerprint density at radius 2 is 1.80 bits per heavy atom. The Bertz CT molecular complexity index is 580. The number of nitro benzene ring substituents is 1. The highest BCUT2D eigenvalue weighted by Crippen LogP contribution is 2.28. The lowest BCUT2D eigenvalue weighted by Crippen LogP contribution is -2.33.